The Morgan fingerprint density at radius 2 is 1.71 bits per heavy atom. The summed E-state index contributed by atoms with van der Waals surface area (Å²) in [4.78, 5) is 30.5. The molecule has 1 saturated heterocycles. The lowest BCUT2D eigenvalue weighted by Gasteiger charge is -2.50. The van der Waals surface area contributed by atoms with E-state index in [4.69, 9.17) is 14.6 Å². The van der Waals surface area contributed by atoms with E-state index in [1.807, 2.05) is 7.11 Å². The van der Waals surface area contributed by atoms with Gasteiger partial charge in [-0.05, 0) is 48.8 Å². The highest BCUT2D eigenvalue weighted by molar-refractivity contribution is 5.64. The molecule has 0 amide bonds. The molecule has 1 aliphatic carbocycles. The van der Waals surface area contributed by atoms with Crippen molar-refractivity contribution in [2.45, 2.75) is 43.7 Å². The number of ether oxygens (including phenoxy) is 2. The Balaban J connectivity index is 0.000000168. The van der Waals surface area contributed by atoms with Gasteiger partial charge in [-0.1, -0.05) is 6.08 Å². The second-order valence-electron chi connectivity index (χ2n) is 8.86. The minimum atomic E-state index is -1.21. The fourth-order valence-electron chi connectivity index (χ4n) is 5.66. The predicted octanol–water partition coefficient (Wildman–Crippen LogP) is 3.40. The molecule has 1 fully saturated rings. The minimum absolute atomic E-state index is 0.219. The van der Waals surface area contributed by atoms with Gasteiger partial charge in [0.25, 0.3) is 11.4 Å². The molecule has 3 heterocycles. The second-order valence-corrected chi connectivity index (χ2v) is 8.86. The molecule has 0 radical (unpaired) electrons. The van der Waals surface area contributed by atoms with Crippen LogP contribution in [0.15, 0.2) is 34.9 Å². The van der Waals surface area contributed by atoms with Crippen molar-refractivity contribution in [3.8, 4) is 5.75 Å². The molecule has 0 aromatic heterocycles. The van der Waals surface area contributed by atoms with Crippen LogP contribution < -0.4 is 0 Å². The largest absolute Gasteiger partial charge is 0.497 e. The number of phenolic OH excluding ortho intramolecular Hbond substituents is 1. The summed E-state index contributed by atoms with van der Waals surface area (Å²) in [6, 6.07) is 0.894. The van der Waals surface area contributed by atoms with E-state index in [0.717, 1.165) is 32.5 Å². The van der Waals surface area contributed by atoms with Crippen LogP contribution in [0.2, 0.25) is 0 Å². The number of methoxy groups -OCH3 is 1. The van der Waals surface area contributed by atoms with Crippen molar-refractivity contribution in [3.05, 3.63) is 65.3 Å². The molecule has 2 unspecified atom stereocenters. The van der Waals surface area contributed by atoms with E-state index in [1.54, 1.807) is 16.7 Å². The number of phenols is 1. The van der Waals surface area contributed by atoms with Crippen molar-refractivity contribution in [3.63, 3.8) is 0 Å². The Labute approximate surface area is 200 Å². The van der Waals surface area contributed by atoms with E-state index >= 15 is 0 Å². The van der Waals surface area contributed by atoms with Crippen LogP contribution in [0.4, 0.5) is 17.1 Å². The summed E-state index contributed by atoms with van der Waals surface area (Å²) in [7, 11) is 1.86. The average molecular weight is 490 g/mol. The molecule has 13 heteroatoms. The molecule has 1 N–H and O–H groups in total. The van der Waals surface area contributed by atoms with Gasteiger partial charge in [0.1, 0.15) is 0 Å². The van der Waals surface area contributed by atoms with Crippen LogP contribution in [0, 0.1) is 30.3 Å². The number of benzene rings is 1. The van der Waals surface area contributed by atoms with Crippen LogP contribution in [0.5, 0.6) is 5.75 Å². The molecule has 1 aromatic rings. The lowest BCUT2D eigenvalue weighted by Crippen LogP contribution is -2.54. The number of nitrogens with zero attached hydrogens (tertiary/aromatic N) is 4. The molecule has 0 bridgehead atoms. The topological polar surface area (TPSA) is 171 Å². The van der Waals surface area contributed by atoms with Crippen molar-refractivity contribution >= 4 is 17.1 Å². The van der Waals surface area contributed by atoms with E-state index in [0.29, 0.717) is 18.2 Å². The first-order valence-corrected chi connectivity index (χ1v) is 11.3. The van der Waals surface area contributed by atoms with Crippen molar-refractivity contribution in [2.75, 3.05) is 33.4 Å². The smallest absolute Gasteiger partial charge is 0.324 e. The zero-order chi connectivity index (χ0) is 25.3. The monoisotopic (exact) mass is 490 g/mol. The molecule has 35 heavy (non-hydrogen) atoms. The maximum absolute atomic E-state index is 10.4. The summed E-state index contributed by atoms with van der Waals surface area (Å²) in [5, 5.41) is 40.2. The van der Waals surface area contributed by atoms with Crippen LogP contribution in [0.25, 0.3) is 0 Å². The predicted molar refractivity (Wildman–Crippen MR) is 122 cm³/mol. The Morgan fingerprint density at radius 1 is 1.06 bits per heavy atom. The highest BCUT2D eigenvalue weighted by Gasteiger charge is 2.52. The maximum Gasteiger partial charge on any atom is 0.324 e. The van der Waals surface area contributed by atoms with Gasteiger partial charge in [0.15, 0.2) is 0 Å². The van der Waals surface area contributed by atoms with Gasteiger partial charge in [0.2, 0.25) is 0 Å². The minimum Gasteiger partial charge on any atom is -0.497 e. The Hall–Kier alpha value is -3.42. The van der Waals surface area contributed by atoms with Crippen LogP contribution in [-0.2, 0) is 9.47 Å². The fraction of sp³-hybridized carbons (Fsp3) is 0.545. The van der Waals surface area contributed by atoms with Crippen LogP contribution in [0.3, 0.4) is 0 Å². The molecule has 13 nitrogen and oxygen atoms in total. The van der Waals surface area contributed by atoms with Crippen molar-refractivity contribution in [1.82, 2.24) is 4.90 Å². The summed E-state index contributed by atoms with van der Waals surface area (Å²) >= 11 is 0. The van der Waals surface area contributed by atoms with E-state index in [1.165, 1.54) is 25.9 Å². The first-order valence-electron chi connectivity index (χ1n) is 11.3. The molecule has 1 aromatic carbocycles. The van der Waals surface area contributed by atoms with Gasteiger partial charge in [0, 0.05) is 20.2 Å². The Bertz CT molecular complexity index is 1100. The highest BCUT2D eigenvalue weighted by atomic mass is 16.6. The third-order valence-corrected chi connectivity index (χ3v) is 7.25. The Morgan fingerprint density at radius 3 is 2.31 bits per heavy atom. The standard InChI is InChI=1S/C16H23NO2.C6H3N3O7/c1-18-14-3-2-13-5-8-17-7-4-12-11-19-9-6-15(12)16(13,17)10-14;10-6-4(8(13)14)1-3(7(11)12)2-5(6)9(15)16/h2,14H,3-11H2,1H3;1-2,10H. The van der Waals surface area contributed by atoms with Gasteiger partial charge in [-0.2, -0.15) is 0 Å². The van der Waals surface area contributed by atoms with Crippen LogP contribution >= 0.6 is 0 Å². The summed E-state index contributed by atoms with van der Waals surface area (Å²) in [6.45, 7) is 4.21. The normalized spacial score (nSPS) is 25.4. The van der Waals surface area contributed by atoms with Gasteiger partial charge < -0.3 is 14.6 Å². The summed E-state index contributed by atoms with van der Waals surface area (Å²) in [5.41, 5.74) is 2.17. The lowest BCUT2D eigenvalue weighted by atomic mass is 9.69. The third-order valence-electron chi connectivity index (χ3n) is 7.25. The summed E-state index contributed by atoms with van der Waals surface area (Å²) < 4.78 is 11.4. The molecule has 2 atom stereocenters. The first-order chi connectivity index (χ1) is 16.7. The van der Waals surface area contributed by atoms with Crippen LogP contribution in [-0.4, -0.2) is 69.8 Å². The number of rotatable bonds is 4. The zero-order valence-corrected chi connectivity index (χ0v) is 19.2. The third kappa shape index (κ3) is 4.37. The van der Waals surface area contributed by atoms with Gasteiger partial charge in [-0.3, -0.25) is 35.2 Å². The number of nitro benzene ring substituents is 3. The number of aromatic hydroxyl groups is 1. The Kier molecular flexibility index (Phi) is 6.83. The molecular formula is C22H26N4O9. The maximum atomic E-state index is 10.4. The highest BCUT2D eigenvalue weighted by Crippen LogP contribution is 2.52. The van der Waals surface area contributed by atoms with Gasteiger partial charge in [-0.15, -0.1) is 0 Å². The molecular weight excluding hydrogens is 464 g/mol. The van der Waals surface area contributed by atoms with Gasteiger partial charge in [-0.25, -0.2) is 0 Å². The number of non-ortho nitro benzene ring substituents is 1. The molecule has 0 saturated carbocycles. The van der Waals surface area contributed by atoms with Crippen LogP contribution in [0.1, 0.15) is 32.1 Å². The van der Waals surface area contributed by atoms with Crippen molar-refractivity contribution < 1.29 is 29.4 Å². The fourth-order valence-corrected chi connectivity index (χ4v) is 5.66. The van der Waals surface area contributed by atoms with E-state index in [2.05, 4.69) is 11.0 Å². The lowest BCUT2D eigenvalue weighted by molar-refractivity contribution is -0.404. The average Bonchev–Trinajstić information content (AvgIpc) is 3.23. The zero-order valence-electron chi connectivity index (χ0n) is 19.2. The number of nitro groups is 3. The molecule has 5 rings (SSSR count). The summed E-state index contributed by atoms with van der Waals surface area (Å²) in [6.07, 6.45) is 8.71. The summed E-state index contributed by atoms with van der Waals surface area (Å²) in [5.74, 6) is -1.21. The molecule has 4 aliphatic rings. The quantitative estimate of drug-likeness (QED) is 0.374. The van der Waals surface area contributed by atoms with E-state index in [9.17, 15) is 30.3 Å². The second kappa shape index (κ2) is 9.68. The number of hydrogen-bond donors (Lipinski definition) is 1. The van der Waals surface area contributed by atoms with E-state index in [-0.39, 0.29) is 5.54 Å². The SMILES string of the molecule is COC1CC=C2CCN3CCC4=C(CCOC4)C23C1.O=[N+]([O-])c1cc([N+](=O)[O-])c(O)c([N+](=O)[O-])c1. The van der Waals surface area contributed by atoms with E-state index < -0.39 is 37.6 Å². The van der Waals surface area contributed by atoms with Crippen molar-refractivity contribution in [1.29, 1.82) is 0 Å². The molecule has 3 aliphatic heterocycles. The van der Waals surface area contributed by atoms with Gasteiger partial charge >= 0.3 is 11.4 Å². The molecule has 1 spiro atoms. The first kappa shape index (κ1) is 24.7. The molecule has 188 valence electrons. The van der Waals surface area contributed by atoms with Gasteiger partial charge in [0.05, 0.1) is 51.8 Å². The van der Waals surface area contributed by atoms with Crippen molar-refractivity contribution in [2.24, 2.45) is 0 Å². The number of hydrogen-bond acceptors (Lipinski definition) is 10.